The van der Waals surface area contributed by atoms with E-state index in [-0.39, 0.29) is 0 Å². The van der Waals surface area contributed by atoms with Gasteiger partial charge in [0.2, 0.25) is 11.6 Å². The monoisotopic (exact) mass is 209 g/mol. The van der Waals surface area contributed by atoms with Crippen LogP contribution in [0.2, 0.25) is 0 Å². The lowest BCUT2D eigenvalue weighted by molar-refractivity contribution is -0.885. The van der Waals surface area contributed by atoms with Gasteiger partial charge in [0, 0.05) is 14.1 Å². The molecule has 0 aliphatic heterocycles. The molecule has 1 aromatic heterocycles. The fraction of sp³-hybridized carbons (Fsp3) is 0.600. The second-order valence-electron chi connectivity index (χ2n) is 4.72. The van der Waals surface area contributed by atoms with Crippen molar-refractivity contribution in [2.75, 3.05) is 40.1 Å². The Morgan fingerprint density at radius 1 is 1.40 bits per heavy atom. The molecule has 5 heteroatoms. The van der Waals surface area contributed by atoms with Crippen LogP contribution in [0.4, 0.5) is 5.88 Å². The third-order valence-electron chi connectivity index (χ3n) is 1.78. The first-order valence-corrected chi connectivity index (χ1v) is 4.71. The molecule has 0 aliphatic carbocycles. The van der Waals surface area contributed by atoms with E-state index in [0.717, 1.165) is 4.48 Å². The van der Waals surface area contributed by atoms with Crippen LogP contribution in [0.1, 0.15) is 11.6 Å². The summed E-state index contributed by atoms with van der Waals surface area (Å²) in [5.41, 5.74) is 0.350. The molecule has 82 valence electrons. The van der Waals surface area contributed by atoms with Gasteiger partial charge in [-0.05, 0) is 0 Å². The maximum Gasteiger partial charge on any atom is 0.253 e. The molecule has 0 atom stereocenters. The number of hydrogen-bond acceptors (Lipinski definition) is 4. The van der Waals surface area contributed by atoms with Gasteiger partial charge in [0.15, 0.2) is 6.54 Å². The van der Waals surface area contributed by atoms with E-state index in [1.165, 1.54) is 0 Å². The molecule has 0 spiro atoms. The highest BCUT2D eigenvalue weighted by Gasteiger charge is 2.19. The number of aromatic nitrogens is 1. The minimum atomic E-state index is 0.350. The summed E-state index contributed by atoms with van der Waals surface area (Å²) >= 11 is 0. The molecule has 0 radical (unpaired) electrons. The number of nitrogens with zero attached hydrogens (tertiary/aromatic N) is 4. The zero-order chi connectivity index (χ0) is 11.6. The highest BCUT2D eigenvalue weighted by Crippen LogP contribution is 2.20. The summed E-state index contributed by atoms with van der Waals surface area (Å²) in [7, 11) is 9.80. The molecule has 0 saturated carbocycles. The van der Waals surface area contributed by atoms with Gasteiger partial charge in [0.25, 0.3) is 5.89 Å². The molecule has 0 amide bonds. The number of quaternary nitrogens is 1. The van der Waals surface area contributed by atoms with Crippen LogP contribution in [0.3, 0.4) is 0 Å². The second-order valence-corrected chi connectivity index (χ2v) is 4.72. The van der Waals surface area contributed by atoms with Gasteiger partial charge in [-0.3, -0.25) is 0 Å². The number of nitriles is 1. The Hall–Kier alpha value is -1.54. The van der Waals surface area contributed by atoms with Crippen LogP contribution in [-0.4, -0.2) is 44.7 Å². The summed E-state index contributed by atoms with van der Waals surface area (Å²) in [6, 6.07) is 2.03. The van der Waals surface area contributed by atoms with Crippen molar-refractivity contribution >= 4 is 5.88 Å². The Morgan fingerprint density at radius 3 is 2.33 bits per heavy atom. The molecule has 1 heterocycles. The van der Waals surface area contributed by atoms with Crippen molar-refractivity contribution in [1.82, 2.24) is 4.98 Å². The number of oxazole rings is 1. The van der Waals surface area contributed by atoms with Crippen LogP contribution < -0.4 is 4.90 Å². The van der Waals surface area contributed by atoms with Crippen LogP contribution in [0.25, 0.3) is 0 Å². The molecular formula is C10H17N4O+. The smallest absolute Gasteiger partial charge is 0.253 e. The number of rotatable bonds is 3. The highest BCUT2D eigenvalue weighted by molar-refractivity contribution is 5.46. The largest absolute Gasteiger partial charge is 0.418 e. The predicted octanol–water partition coefficient (Wildman–Crippen LogP) is 0.818. The third-order valence-corrected chi connectivity index (χ3v) is 1.78. The van der Waals surface area contributed by atoms with Crippen molar-refractivity contribution < 1.29 is 8.90 Å². The predicted molar refractivity (Wildman–Crippen MR) is 57.3 cm³/mol. The molecule has 15 heavy (non-hydrogen) atoms. The van der Waals surface area contributed by atoms with Crippen molar-refractivity contribution in [3.8, 4) is 6.07 Å². The molecule has 0 aromatic carbocycles. The Morgan fingerprint density at radius 2 is 2.00 bits per heavy atom. The van der Waals surface area contributed by atoms with E-state index < -0.39 is 0 Å². The van der Waals surface area contributed by atoms with E-state index in [2.05, 4.69) is 4.98 Å². The van der Waals surface area contributed by atoms with Crippen LogP contribution >= 0.6 is 0 Å². The van der Waals surface area contributed by atoms with Gasteiger partial charge in [-0.1, -0.05) is 0 Å². The van der Waals surface area contributed by atoms with Gasteiger partial charge in [-0.2, -0.15) is 10.2 Å². The van der Waals surface area contributed by atoms with E-state index in [9.17, 15) is 0 Å². The van der Waals surface area contributed by atoms with Gasteiger partial charge < -0.3 is 13.8 Å². The lowest BCUT2D eigenvalue weighted by Crippen LogP contribution is -2.33. The average molecular weight is 209 g/mol. The molecule has 5 nitrogen and oxygen atoms in total. The quantitative estimate of drug-likeness (QED) is 0.691. The van der Waals surface area contributed by atoms with Crippen LogP contribution in [0.15, 0.2) is 4.42 Å². The van der Waals surface area contributed by atoms with Crippen molar-refractivity contribution in [3.05, 3.63) is 11.6 Å². The van der Waals surface area contributed by atoms with Gasteiger partial charge in [-0.25, -0.2) is 0 Å². The molecule has 1 aromatic rings. The lowest BCUT2D eigenvalue weighted by Gasteiger charge is -2.21. The Balaban J connectivity index is 3.00. The molecule has 0 fully saturated rings. The number of hydrogen-bond donors (Lipinski definition) is 0. The van der Waals surface area contributed by atoms with E-state index in [1.54, 1.807) is 4.90 Å². The Kier molecular flexibility index (Phi) is 3.01. The van der Waals surface area contributed by atoms with Crippen molar-refractivity contribution in [1.29, 1.82) is 5.26 Å². The van der Waals surface area contributed by atoms with E-state index >= 15 is 0 Å². The summed E-state index contributed by atoms with van der Waals surface area (Å²) in [5.74, 6) is 1.13. The average Bonchev–Trinajstić information content (AvgIpc) is 2.44. The molecule has 0 N–H and O–H groups in total. The third kappa shape index (κ3) is 2.96. The summed E-state index contributed by atoms with van der Waals surface area (Å²) in [5, 5.41) is 8.87. The molecule has 0 unspecified atom stereocenters. The van der Waals surface area contributed by atoms with E-state index in [1.807, 2.05) is 41.3 Å². The SMILES string of the molecule is CN(C)c1oc(C[N+](C)(C)C)nc1C#N. The summed E-state index contributed by atoms with van der Waals surface area (Å²) in [6.07, 6.45) is 0. The first-order chi connectivity index (χ1) is 6.83. The zero-order valence-electron chi connectivity index (χ0n) is 9.90. The Bertz CT molecular complexity index is 381. The molecule has 0 aliphatic rings. The minimum Gasteiger partial charge on any atom is -0.418 e. The highest BCUT2D eigenvalue weighted by atomic mass is 16.4. The van der Waals surface area contributed by atoms with Gasteiger partial charge in [-0.15, -0.1) is 0 Å². The molecule has 1 rings (SSSR count). The fourth-order valence-corrected chi connectivity index (χ4v) is 1.20. The van der Waals surface area contributed by atoms with Gasteiger partial charge in [0.05, 0.1) is 21.1 Å². The van der Waals surface area contributed by atoms with Gasteiger partial charge >= 0.3 is 0 Å². The molecule has 0 bridgehead atoms. The van der Waals surface area contributed by atoms with Crippen LogP contribution in [0, 0.1) is 11.3 Å². The van der Waals surface area contributed by atoms with E-state index in [0.29, 0.717) is 24.0 Å². The normalized spacial score (nSPS) is 11.2. The first-order valence-electron chi connectivity index (χ1n) is 4.71. The lowest BCUT2D eigenvalue weighted by atomic mass is 10.4. The molecular weight excluding hydrogens is 192 g/mol. The topological polar surface area (TPSA) is 53.1 Å². The maximum absolute atomic E-state index is 8.87. The van der Waals surface area contributed by atoms with Crippen molar-refractivity contribution in [3.63, 3.8) is 0 Å². The fourth-order valence-electron chi connectivity index (χ4n) is 1.20. The first kappa shape index (κ1) is 11.5. The molecule has 0 saturated heterocycles. The number of anilines is 1. The zero-order valence-corrected chi connectivity index (χ0v) is 9.90. The Labute approximate surface area is 90.1 Å². The van der Waals surface area contributed by atoms with E-state index in [4.69, 9.17) is 9.68 Å². The minimum absolute atomic E-state index is 0.350. The summed E-state index contributed by atoms with van der Waals surface area (Å²) in [6.45, 7) is 0.669. The summed E-state index contributed by atoms with van der Waals surface area (Å²) < 4.78 is 6.24. The van der Waals surface area contributed by atoms with Crippen LogP contribution in [-0.2, 0) is 6.54 Å². The van der Waals surface area contributed by atoms with Crippen molar-refractivity contribution in [2.24, 2.45) is 0 Å². The van der Waals surface area contributed by atoms with Crippen LogP contribution in [0.5, 0.6) is 0 Å². The second kappa shape index (κ2) is 3.91. The standard InChI is InChI=1S/C10H17N4O/c1-13(2)10-8(6-11)12-9(15-10)7-14(3,4)5/h7H2,1-5H3/q+1. The van der Waals surface area contributed by atoms with Gasteiger partial charge in [0.1, 0.15) is 6.07 Å². The summed E-state index contributed by atoms with van der Waals surface area (Å²) in [4.78, 5) is 5.90. The maximum atomic E-state index is 8.87. The van der Waals surface area contributed by atoms with Crippen molar-refractivity contribution in [2.45, 2.75) is 6.54 Å².